The van der Waals surface area contributed by atoms with Gasteiger partial charge in [0.05, 0.1) is 29.1 Å². The number of anilines is 1. The molecule has 6 heteroatoms. The van der Waals surface area contributed by atoms with E-state index >= 15 is 0 Å². The number of rotatable bonds is 4. The van der Waals surface area contributed by atoms with Gasteiger partial charge in [0.25, 0.3) is 5.56 Å². The first-order valence-corrected chi connectivity index (χ1v) is 8.07. The molecule has 0 saturated heterocycles. The maximum absolute atomic E-state index is 12.9. The van der Waals surface area contributed by atoms with Crippen LogP contribution in [-0.4, -0.2) is 9.13 Å². The molecular weight excluding hydrogens is 316 g/mol. The molecular formula is C19H18N4O2. The van der Waals surface area contributed by atoms with Gasteiger partial charge in [-0.15, -0.1) is 0 Å². The lowest BCUT2D eigenvalue weighted by Gasteiger charge is -2.14. The van der Waals surface area contributed by atoms with Crippen molar-refractivity contribution in [1.82, 2.24) is 9.13 Å². The van der Waals surface area contributed by atoms with Crippen LogP contribution in [0.2, 0.25) is 0 Å². The van der Waals surface area contributed by atoms with Gasteiger partial charge in [0.1, 0.15) is 0 Å². The quantitative estimate of drug-likeness (QED) is 0.739. The lowest BCUT2D eigenvalue weighted by molar-refractivity contribution is 0.593. The average Bonchev–Trinajstić information content (AvgIpc) is 2.62. The van der Waals surface area contributed by atoms with Crippen molar-refractivity contribution in [1.29, 1.82) is 5.26 Å². The summed E-state index contributed by atoms with van der Waals surface area (Å²) in [6.45, 7) is 2.64. The summed E-state index contributed by atoms with van der Waals surface area (Å²) in [6.07, 6.45) is 0.763. The van der Waals surface area contributed by atoms with Gasteiger partial charge in [0, 0.05) is 12.2 Å². The molecule has 2 aromatic carbocycles. The average molecular weight is 334 g/mol. The summed E-state index contributed by atoms with van der Waals surface area (Å²) in [4.78, 5) is 25.7. The van der Waals surface area contributed by atoms with Crippen molar-refractivity contribution in [2.75, 3.05) is 5.73 Å². The fraction of sp³-hybridized carbons (Fsp3) is 0.211. The highest BCUT2D eigenvalue weighted by Crippen LogP contribution is 2.14. The van der Waals surface area contributed by atoms with Crippen LogP contribution in [0.1, 0.15) is 24.5 Å². The Morgan fingerprint density at radius 3 is 2.44 bits per heavy atom. The van der Waals surface area contributed by atoms with Gasteiger partial charge in [0.2, 0.25) is 0 Å². The third-order valence-corrected chi connectivity index (χ3v) is 4.12. The Kier molecular flexibility index (Phi) is 4.40. The van der Waals surface area contributed by atoms with Crippen molar-refractivity contribution in [2.24, 2.45) is 0 Å². The van der Waals surface area contributed by atoms with Crippen molar-refractivity contribution < 1.29 is 0 Å². The van der Waals surface area contributed by atoms with Gasteiger partial charge < -0.3 is 5.73 Å². The minimum absolute atomic E-state index is 0.160. The molecule has 3 rings (SSSR count). The summed E-state index contributed by atoms with van der Waals surface area (Å²) in [7, 11) is 0. The van der Waals surface area contributed by atoms with Crippen LogP contribution in [0.15, 0.2) is 52.1 Å². The van der Waals surface area contributed by atoms with Crippen LogP contribution >= 0.6 is 0 Å². The highest BCUT2D eigenvalue weighted by Gasteiger charge is 2.13. The fourth-order valence-corrected chi connectivity index (χ4v) is 2.88. The lowest BCUT2D eigenvalue weighted by atomic mass is 10.1. The number of aromatic nitrogens is 2. The molecule has 0 aliphatic carbocycles. The predicted octanol–water partition coefficient (Wildman–Crippen LogP) is 2.08. The van der Waals surface area contributed by atoms with E-state index in [1.807, 2.05) is 13.0 Å². The van der Waals surface area contributed by atoms with Gasteiger partial charge in [-0.05, 0) is 42.3 Å². The molecule has 2 N–H and O–H groups in total. The van der Waals surface area contributed by atoms with E-state index in [0.717, 1.165) is 12.0 Å². The number of nitrogens with zero attached hydrogens (tertiary/aromatic N) is 3. The van der Waals surface area contributed by atoms with E-state index in [-0.39, 0.29) is 17.8 Å². The molecule has 0 aliphatic rings. The Bertz CT molecular complexity index is 1090. The molecule has 0 unspecified atom stereocenters. The van der Waals surface area contributed by atoms with E-state index in [9.17, 15) is 9.59 Å². The van der Waals surface area contributed by atoms with Gasteiger partial charge in [-0.2, -0.15) is 5.26 Å². The van der Waals surface area contributed by atoms with E-state index < -0.39 is 0 Å². The van der Waals surface area contributed by atoms with Crippen LogP contribution in [0.3, 0.4) is 0 Å². The standard InChI is InChI=1S/C19H18N4O2/c1-2-9-22-17-10-15(21)7-8-16(17)18(24)23(19(22)25)12-14-5-3-13(11-20)4-6-14/h3-8,10H,2,9,12,21H2,1H3. The second-order valence-electron chi connectivity index (χ2n) is 5.91. The van der Waals surface area contributed by atoms with Gasteiger partial charge in [-0.25, -0.2) is 4.79 Å². The largest absolute Gasteiger partial charge is 0.399 e. The number of hydrogen-bond acceptors (Lipinski definition) is 4. The van der Waals surface area contributed by atoms with Gasteiger partial charge in [-0.3, -0.25) is 13.9 Å². The van der Waals surface area contributed by atoms with Crippen LogP contribution in [0, 0.1) is 11.3 Å². The molecule has 0 fully saturated rings. The first-order chi connectivity index (χ1) is 12.0. The first kappa shape index (κ1) is 16.5. The molecule has 0 atom stereocenters. The smallest absolute Gasteiger partial charge is 0.331 e. The minimum Gasteiger partial charge on any atom is -0.399 e. The molecule has 3 aromatic rings. The fourth-order valence-electron chi connectivity index (χ4n) is 2.88. The molecule has 0 amide bonds. The summed E-state index contributed by atoms with van der Waals surface area (Å²) < 4.78 is 2.83. The highest BCUT2D eigenvalue weighted by atomic mass is 16.2. The van der Waals surface area contributed by atoms with Crippen molar-refractivity contribution >= 4 is 16.6 Å². The summed E-state index contributed by atoms with van der Waals surface area (Å²) in [5, 5.41) is 9.34. The molecule has 25 heavy (non-hydrogen) atoms. The number of nitriles is 1. The number of fused-ring (bicyclic) bond motifs is 1. The van der Waals surface area contributed by atoms with E-state index in [2.05, 4.69) is 0 Å². The SMILES string of the molecule is CCCn1c(=O)n(Cc2ccc(C#N)cc2)c(=O)c2ccc(N)cc21. The molecule has 1 aromatic heterocycles. The van der Waals surface area contributed by atoms with Crippen molar-refractivity contribution in [3.8, 4) is 6.07 Å². The highest BCUT2D eigenvalue weighted by molar-refractivity contribution is 5.81. The van der Waals surface area contributed by atoms with Crippen LogP contribution in [-0.2, 0) is 13.1 Å². The monoisotopic (exact) mass is 334 g/mol. The number of hydrogen-bond donors (Lipinski definition) is 1. The zero-order valence-corrected chi connectivity index (χ0v) is 13.9. The Labute approximate surface area is 144 Å². The van der Waals surface area contributed by atoms with Crippen molar-refractivity contribution in [3.05, 3.63) is 74.4 Å². The third-order valence-electron chi connectivity index (χ3n) is 4.12. The minimum atomic E-state index is -0.352. The van der Waals surface area contributed by atoms with Crippen LogP contribution in [0.25, 0.3) is 10.9 Å². The number of aryl methyl sites for hydroxylation is 1. The number of benzene rings is 2. The van der Waals surface area contributed by atoms with Gasteiger partial charge in [-0.1, -0.05) is 19.1 Å². The summed E-state index contributed by atoms with van der Waals surface area (Å²) >= 11 is 0. The van der Waals surface area contributed by atoms with Crippen molar-refractivity contribution in [2.45, 2.75) is 26.4 Å². The first-order valence-electron chi connectivity index (χ1n) is 8.07. The lowest BCUT2D eigenvalue weighted by Crippen LogP contribution is -2.40. The number of nitrogen functional groups attached to an aromatic ring is 1. The predicted molar refractivity (Wildman–Crippen MR) is 97.4 cm³/mol. The molecule has 0 aliphatic heterocycles. The summed E-state index contributed by atoms with van der Waals surface area (Å²) in [5.41, 5.74) is 7.54. The molecule has 126 valence electrons. The van der Waals surface area contributed by atoms with Crippen molar-refractivity contribution in [3.63, 3.8) is 0 Å². The second-order valence-corrected chi connectivity index (χ2v) is 5.91. The van der Waals surface area contributed by atoms with Crippen LogP contribution in [0.4, 0.5) is 5.69 Å². The van der Waals surface area contributed by atoms with Crippen LogP contribution < -0.4 is 17.0 Å². The number of nitrogens with two attached hydrogens (primary N) is 1. The molecule has 0 bridgehead atoms. The second kappa shape index (κ2) is 6.65. The van der Waals surface area contributed by atoms with Crippen LogP contribution in [0.5, 0.6) is 0 Å². The summed E-state index contributed by atoms with van der Waals surface area (Å²) in [6, 6.07) is 13.9. The topological polar surface area (TPSA) is 93.8 Å². The Hall–Kier alpha value is -3.33. The van der Waals surface area contributed by atoms with E-state index in [1.165, 1.54) is 4.57 Å². The van der Waals surface area contributed by atoms with Gasteiger partial charge >= 0.3 is 5.69 Å². The zero-order chi connectivity index (χ0) is 18.0. The van der Waals surface area contributed by atoms with E-state index in [1.54, 1.807) is 47.0 Å². The molecule has 0 spiro atoms. The molecule has 0 radical (unpaired) electrons. The maximum Gasteiger partial charge on any atom is 0.331 e. The maximum atomic E-state index is 12.9. The Morgan fingerprint density at radius 2 is 1.80 bits per heavy atom. The summed E-state index contributed by atoms with van der Waals surface area (Å²) in [5.74, 6) is 0. The molecule has 6 nitrogen and oxygen atoms in total. The molecule has 1 heterocycles. The normalized spacial score (nSPS) is 10.7. The van der Waals surface area contributed by atoms with Gasteiger partial charge in [0.15, 0.2) is 0 Å². The Morgan fingerprint density at radius 1 is 1.08 bits per heavy atom. The molecule has 0 saturated carbocycles. The van der Waals surface area contributed by atoms with E-state index in [0.29, 0.717) is 28.7 Å². The Balaban J connectivity index is 2.20. The van der Waals surface area contributed by atoms with E-state index in [4.69, 9.17) is 11.0 Å². The third kappa shape index (κ3) is 3.04. The zero-order valence-electron chi connectivity index (χ0n) is 13.9.